The number of thioether (sulfide) groups is 1. The third-order valence-electron chi connectivity index (χ3n) is 1.74. The van der Waals surface area contributed by atoms with Gasteiger partial charge in [0.25, 0.3) is 5.91 Å². The molecule has 1 N–H and O–H groups in total. The zero-order valence-electron chi connectivity index (χ0n) is 8.33. The minimum absolute atomic E-state index is 0.340. The highest BCUT2D eigenvalue weighted by atomic mass is 35.5. The molecule has 0 aromatic heterocycles. The van der Waals surface area contributed by atoms with Crippen LogP contribution in [-0.4, -0.2) is 17.5 Å². The molecule has 1 amide bonds. The van der Waals surface area contributed by atoms with Gasteiger partial charge >= 0.3 is 0 Å². The van der Waals surface area contributed by atoms with Gasteiger partial charge in [-0.05, 0) is 24.5 Å². The standard InChI is InChI=1S/C10H8Cl2N2OS/c1-16-9(5-13)14-10(15)6-2-7(11)4-8(12)3-6/h2-4,9H,1H3,(H,14,15). The van der Waals surface area contributed by atoms with E-state index in [0.29, 0.717) is 15.6 Å². The molecule has 0 heterocycles. The van der Waals surface area contributed by atoms with E-state index in [1.165, 1.54) is 30.0 Å². The summed E-state index contributed by atoms with van der Waals surface area (Å²) >= 11 is 12.8. The first-order valence-electron chi connectivity index (χ1n) is 4.26. The summed E-state index contributed by atoms with van der Waals surface area (Å²) in [6.45, 7) is 0. The Morgan fingerprint density at radius 2 is 2.00 bits per heavy atom. The summed E-state index contributed by atoms with van der Waals surface area (Å²) in [4.78, 5) is 11.7. The van der Waals surface area contributed by atoms with Crippen LogP contribution in [0.25, 0.3) is 0 Å². The van der Waals surface area contributed by atoms with Crippen molar-refractivity contribution in [2.75, 3.05) is 6.26 Å². The van der Waals surface area contributed by atoms with Crippen LogP contribution in [0.2, 0.25) is 10.0 Å². The van der Waals surface area contributed by atoms with E-state index in [9.17, 15) is 4.79 Å². The number of carbonyl (C=O) groups excluding carboxylic acids is 1. The Hall–Kier alpha value is -0.890. The number of nitriles is 1. The zero-order chi connectivity index (χ0) is 12.1. The maximum absolute atomic E-state index is 11.7. The van der Waals surface area contributed by atoms with Crippen LogP contribution >= 0.6 is 35.0 Å². The lowest BCUT2D eigenvalue weighted by Crippen LogP contribution is -2.31. The van der Waals surface area contributed by atoms with Gasteiger partial charge in [0.2, 0.25) is 0 Å². The van der Waals surface area contributed by atoms with Gasteiger partial charge in [0.1, 0.15) is 0 Å². The van der Waals surface area contributed by atoms with E-state index in [1.807, 2.05) is 6.07 Å². The molecule has 3 nitrogen and oxygen atoms in total. The van der Waals surface area contributed by atoms with Crippen molar-refractivity contribution >= 4 is 40.9 Å². The number of benzene rings is 1. The topological polar surface area (TPSA) is 52.9 Å². The van der Waals surface area contributed by atoms with Crippen LogP contribution in [0.4, 0.5) is 0 Å². The molecule has 0 aliphatic carbocycles. The molecule has 0 radical (unpaired) electrons. The van der Waals surface area contributed by atoms with E-state index in [2.05, 4.69) is 5.32 Å². The number of halogens is 2. The van der Waals surface area contributed by atoms with E-state index in [0.717, 1.165) is 0 Å². The molecular formula is C10H8Cl2N2OS. The highest BCUT2D eigenvalue weighted by molar-refractivity contribution is 7.99. The maximum Gasteiger partial charge on any atom is 0.253 e. The first-order valence-corrected chi connectivity index (χ1v) is 6.30. The van der Waals surface area contributed by atoms with Gasteiger partial charge < -0.3 is 5.32 Å². The number of amides is 1. The number of rotatable bonds is 3. The molecule has 1 aromatic rings. The molecular weight excluding hydrogens is 267 g/mol. The van der Waals surface area contributed by atoms with Gasteiger partial charge in [0.15, 0.2) is 5.37 Å². The van der Waals surface area contributed by atoms with Crippen molar-refractivity contribution in [1.29, 1.82) is 5.26 Å². The number of hydrogen-bond donors (Lipinski definition) is 1. The van der Waals surface area contributed by atoms with Crippen molar-refractivity contribution < 1.29 is 4.79 Å². The van der Waals surface area contributed by atoms with E-state index in [1.54, 1.807) is 6.26 Å². The number of carbonyl (C=O) groups is 1. The quantitative estimate of drug-likeness (QED) is 0.863. The maximum atomic E-state index is 11.7. The SMILES string of the molecule is CSC(C#N)NC(=O)c1cc(Cl)cc(Cl)c1. The van der Waals surface area contributed by atoms with Gasteiger partial charge in [-0.25, -0.2) is 0 Å². The van der Waals surface area contributed by atoms with Gasteiger partial charge in [0, 0.05) is 15.6 Å². The molecule has 1 atom stereocenters. The molecule has 6 heteroatoms. The predicted octanol–water partition coefficient (Wildman–Crippen LogP) is 2.94. The predicted molar refractivity (Wildman–Crippen MR) is 66.8 cm³/mol. The molecule has 0 aliphatic heterocycles. The van der Waals surface area contributed by atoms with Gasteiger partial charge in [-0.2, -0.15) is 5.26 Å². The normalized spacial score (nSPS) is 11.6. The first-order chi connectivity index (χ1) is 7.56. The Balaban J connectivity index is 2.85. The fraction of sp³-hybridized carbons (Fsp3) is 0.200. The summed E-state index contributed by atoms with van der Waals surface area (Å²) in [5, 5.41) is 11.4. The Labute approximate surface area is 108 Å². The molecule has 16 heavy (non-hydrogen) atoms. The van der Waals surface area contributed by atoms with Gasteiger partial charge in [-0.1, -0.05) is 23.2 Å². The second-order valence-electron chi connectivity index (χ2n) is 2.88. The monoisotopic (exact) mass is 274 g/mol. The number of nitrogens with zero attached hydrogens (tertiary/aromatic N) is 1. The first kappa shape index (κ1) is 13.2. The van der Waals surface area contributed by atoms with Crippen molar-refractivity contribution in [3.8, 4) is 6.07 Å². The Bertz CT molecular complexity index is 425. The fourth-order valence-electron chi connectivity index (χ4n) is 1.03. The smallest absolute Gasteiger partial charge is 0.253 e. The highest BCUT2D eigenvalue weighted by Crippen LogP contribution is 2.19. The van der Waals surface area contributed by atoms with Gasteiger partial charge in [-0.3, -0.25) is 4.79 Å². The third-order valence-corrected chi connectivity index (χ3v) is 2.87. The van der Waals surface area contributed by atoms with E-state index < -0.39 is 5.37 Å². The summed E-state index contributed by atoms with van der Waals surface area (Å²) in [6, 6.07) is 6.48. The van der Waals surface area contributed by atoms with E-state index in [-0.39, 0.29) is 5.91 Å². The second-order valence-corrected chi connectivity index (χ2v) is 4.69. The lowest BCUT2D eigenvalue weighted by molar-refractivity contribution is 0.0955. The molecule has 0 fully saturated rings. The van der Waals surface area contributed by atoms with Crippen LogP contribution in [-0.2, 0) is 0 Å². The van der Waals surface area contributed by atoms with Crippen LogP contribution in [0, 0.1) is 11.3 Å². The largest absolute Gasteiger partial charge is 0.328 e. The van der Waals surface area contributed by atoms with Gasteiger partial charge in [0.05, 0.1) is 6.07 Å². The molecule has 0 spiro atoms. The van der Waals surface area contributed by atoms with Crippen LogP contribution in [0.5, 0.6) is 0 Å². The molecule has 0 saturated carbocycles. The van der Waals surface area contributed by atoms with Crippen LogP contribution in [0.1, 0.15) is 10.4 Å². The Morgan fingerprint density at radius 3 is 2.44 bits per heavy atom. The molecule has 0 aliphatic rings. The van der Waals surface area contributed by atoms with Crippen LogP contribution in [0.15, 0.2) is 18.2 Å². The van der Waals surface area contributed by atoms with Crippen molar-refractivity contribution in [3.63, 3.8) is 0 Å². The fourth-order valence-corrected chi connectivity index (χ4v) is 1.89. The van der Waals surface area contributed by atoms with Crippen molar-refractivity contribution in [3.05, 3.63) is 33.8 Å². The summed E-state index contributed by atoms with van der Waals surface area (Å²) in [5.74, 6) is -0.370. The average molecular weight is 275 g/mol. The second kappa shape index (κ2) is 6.00. The Kier molecular flexibility index (Phi) is 4.94. The highest BCUT2D eigenvalue weighted by Gasteiger charge is 2.12. The number of nitrogens with one attached hydrogen (secondary N) is 1. The van der Waals surface area contributed by atoms with Crippen LogP contribution < -0.4 is 5.32 Å². The van der Waals surface area contributed by atoms with E-state index in [4.69, 9.17) is 28.5 Å². The molecule has 84 valence electrons. The van der Waals surface area contributed by atoms with Crippen molar-refractivity contribution in [2.45, 2.75) is 5.37 Å². The lowest BCUT2D eigenvalue weighted by Gasteiger charge is -2.09. The molecule has 1 rings (SSSR count). The summed E-state index contributed by atoms with van der Waals surface area (Å²) in [5.41, 5.74) is 0.340. The molecule has 0 bridgehead atoms. The van der Waals surface area contributed by atoms with E-state index >= 15 is 0 Å². The summed E-state index contributed by atoms with van der Waals surface area (Å²) in [7, 11) is 0. The zero-order valence-corrected chi connectivity index (χ0v) is 10.7. The van der Waals surface area contributed by atoms with Crippen LogP contribution in [0.3, 0.4) is 0 Å². The summed E-state index contributed by atoms with van der Waals surface area (Å²) < 4.78 is 0. The lowest BCUT2D eigenvalue weighted by atomic mass is 10.2. The third kappa shape index (κ3) is 3.60. The summed E-state index contributed by atoms with van der Waals surface area (Å²) in [6.07, 6.45) is 1.74. The molecule has 1 unspecified atom stereocenters. The Morgan fingerprint density at radius 1 is 1.44 bits per heavy atom. The minimum atomic E-state index is -0.578. The molecule has 1 aromatic carbocycles. The van der Waals surface area contributed by atoms with Crippen molar-refractivity contribution in [1.82, 2.24) is 5.32 Å². The number of hydrogen-bond acceptors (Lipinski definition) is 3. The minimum Gasteiger partial charge on any atom is -0.328 e. The van der Waals surface area contributed by atoms with Crippen molar-refractivity contribution in [2.24, 2.45) is 0 Å². The molecule has 0 saturated heterocycles. The average Bonchev–Trinajstić information content (AvgIpc) is 2.24. The van der Waals surface area contributed by atoms with Gasteiger partial charge in [-0.15, -0.1) is 11.8 Å².